The van der Waals surface area contributed by atoms with Crippen LogP contribution in [0.2, 0.25) is 0 Å². The van der Waals surface area contributed by atoms with Crippen molar-refractivity contribution in [3.63, 3.8) is 0 Å². The summed E-state index contributed by atoms with van der Waals surface area (Å²) in [7, 11) is 0. The average Bonchev–Trinajstić information content (AvgIpc) is 2.99. The van der Waals surface area contributed by atoms with Gasteiger partial charge in [-0.3, -0.25) is 4.98 Å². The van der Waals surface area contributed by atoms with Gasteiger partial charge in [0.25, 0.3) is 0 Å². The Morgan fingerprint density at radius 2 is 2.00 bits per heavy atom. The van der Waals surface area contributed by atoms with E-state index in [0.717, 1.165) is 36.5 Å². The van der Waals surface area contributed by atoms with Gasteiger partial charge >= 0.3 is 0 Å². The lowest BCUT2D eigenvalue weighted by atomic mass is 10.1. The molecule has 0 saturated carbocycles. The zero-order valence-corrected chi connectivity index (χ0v) is 12.5. The van der Waals surface area contributed by atoms with E-state index >= 15 is 0 Å². The molecule has 3 heterocycles. The molecular weight excluding hydrogens is 274 g/mol. The van der Waals surface area contributed by atoms with Gasteiger partial charge in [0.05, 0.1) is 12.2 Å². The second-order valence-corrected chi connectivity index (χ2v) is 5.64. The predicted molar refractivity (Wildman–Crippen MR) is 85.7 cm³/mol. The van der Waals surface area contributed by atoms with Crippen molar-refractivity contribution >= 4 is 5.69 Å². The minimum Gasteiger partial charge on any atom is -0.439 e. The predicted octanol–water partition coefficient (Wildman–Crippen LogP) is 3.61. The van der Waals surface area contributed by atoms with Crippen LogP contribution in [0.15, 0.2) is 53.2 Å². The molecule has 0 fully saturated rings. The number of rotatable bonds is 2. The van der Waals surface area contributed by atoms with Crippen molar-refractivity contribution in [2.24, 2.45) is 0 Å². The molecule has 4 heteroatoms. The molecule has 0 spiro atoms. The maximum Gasteiger partial charge on any atom is 0.226 e. The Balaban J connectivity index is 1.63. The molecule has 2 aromatic heterocycles. The summed E-state index contributed by atoms with van der Waals surface area (Å²) in [5.41, 5.74) is 4.58. The molecule has 0 radical (unpaired) electrons. The van der Waals surface area contributed by atoms with Crippen LogP contribution in [0.4, 0.5) is 5.69 Å². The van der Waals surface area contributed by atoms with Gasteiger partial charge in [0.1, 0.15) is 5.76 Å². The Bertz CT molecular complexity index is 795. The molecule has 0 unspecified atom stereocenters. The molecule has 1 aromatic carbocycles. The Hall–Kier alpha value is -2.62. The van der Waals surface area contributed by atoms with Crippen molar-refractivity contribution in [3.8, 4) is 11.5 Å². The number of hydrogen-bond acceptors (Lipinski definition) is 4. The summed E-state index contributed by atoms with van der Waals surface area (Å²) in [4.78, 5) is 11.0. The van der Waals surface area contributed by atoms with E-state index in [0.29, 0.717) is 5.89 Å². The van der Waals surface area contributed by atoms with Crippen LogP contribution in [-0.4, -0.2) is 16.5 Å². The smallest absolute Gasteiger partial charge is 0.226 e. The molecule has 0 amide bonds. The Kier molecular flexibility index (Phi) is 3.15. The van der Waals surface area contributed by atoms with Gasteiger partial charge in [-0.15, -0.1) is 0 Å². The Labute approximate surface area is 129 Å². The molecule has 110 valence electrons. The summed E-state index contributed by atoms with van der Waals surface area (Å²) in [5.74, 6) is 1.66. The van der Waals surface area contributed by atoms with Crippen LogP contribution in [0.25, 0.3) is 11.5 Å². The summed E-state index contributed by atoms with van der Waals surface area (Å²) in [6, 6.07) is 12.4. The first-order valence-corrected chi connectivity index (χ1v) is 7.50. The number of oxazole rings is 1. The van der Waals surface area contributed by atoms with Crippen LogP contribution in [-0.2, 0) is 13.0 Å². The molecule has 22 heavy (non-hydrogen) atoms. The zero-order valence-electron chi connectivity index (χ0n) is 12.5. The van der Waals surface area contributed by atoms with Crippen LogP contribution >= 0.6 is 0 Å². The van der Waals surface area contributed by atoms with Gasteiger partial charge in [0, 0.05) is 36.6 Å². The summed E-state index contributed by atoms with van der Waals surface area (Å²) in [6.45, 7) is 3.87. The summed E-state index contributed by atoms with van der Waals surface area (Å²) in [6.07, 6.45) is 4.44. The third-order valence-corrected chi connectivity index (χ3v) is 4.03. The number of anilines is 1. The van der Waals surface area contributed by atoms with E-state index < -0.39 is 0 Å². The van der Waals surface area contributed by atoms with Gasteiger partial charge in [0.15, 0.2) is 0 Å². The van der Waals surface area contributed by atoms with Crippen molar-refractivity contribution in [3.05, 3.63) is 65.8 Å². The van der Waals surface area contributed by atoms with Gasteiger partial charge < -0.3 is 9.32 Å². The quantitative estimate of drug-likeness (QED) is 0.723. The SMILES string of the molecule is Cc1cccc(N2CCc3nc(-c4ccncc4)oc3C2)c1. The van der Waals surface area contributed by atoms with Crippen molar-refractivity contribution < 1.29 is 4.42 Å². The van der Waals surface area contributed by atoms with E-state index in [9.17, 15) is 0 Å². The highest BCUT2D eigenvalue weighted by Gasteiger charge is 2.23. The maximum absolute atomic E-state index is 5.99. The molecular formula is C18H17N3O. The van der Waals surface area contributed by atoms with Gasteiger partial charge in [0.2, 0.25) is 5.89 Å². The van der Waals surface area contributed by atoms with Gasteiger partial charge in [-0.05, 0) is 36.8 Å². The highest BCUT2D eigenvalue weighted by Crippen LogP contribution is 2.28. The van der Waals surface area contributed by atoms with E-state index in [-0.39, 0.29) is 0 Å². The Morgan fingerprint density at radius 1 is 1.14 bits per heavy atom. The van der Waals surface area contributed by atoms with Gasteiger partial charge in [-0.1, -0.05) is 12.1 Å². The minimum absolute atomic E-state index is 0.693. The third kappa shape index (κ3) is 2.37. The molecule has 0 atom stereocenters. The number of aryl methyl sites for hydroxylation is 1. The molecule has 0 aliphatic carbocycles. The van der Waals surface area contributed by atoms with Crippen LogP contribution < -0.4 is 4.90 Å². The molecule has 0 N–H and O–H groups in total. The van der Waals surface area contributed by atoms with E-state index in [4.69, 9.17) is 4.42 Å². The van der Waals surface area contributed by atoms with E-state index in [1.807, 2.05) is 12.1 Å². The van der Waals surface area contributed by atoms with Crippen molar-refractivity contribution in [2.45, 2.75) is 19.9 Å². The standard InChI is InChI=1S/C18H17N3O/c1-13-3-2-4-15(11-13)21-10-7-16-17(12-21)22-18(20-16)14-5-8-19-9-6-14/h2-6,8-9,11H,7,10,12H2,1H3. The first kappa shape index (κ1) is 13.1. The van der Waals surface area contributed by atoms with E-state index in [1.54, 1.807) is 12.4 Å². The summed E-state index contributed by atoms with van der Waals surface area (Å²) in [5, 5.41) is 0. The molecule has 4 rings (SSSR count). The highest BCUT2D eigenvalue weighted by molar-refractivity contribution is 5.54. The number of pyridine rings is 1. The average molecular weight is 291 g/mol. The second-order valence-electron chi connectivity index (χ2n) is 5.64. The fourth-order valence-corrected chi connectivity index (χ4v) is 2.86. The monoisotopic (exact) mass is 291 g/mol. The summed E-state index contributed by atoms with van der Waals surface area (Å²) >= 11 is 0. The Morgan fingerprint density at radius 3 is 2.82 bits per heavy atom. The van der Waals surface area contributed by atoms with Crippen LogP contribution in [0.3, 0.4) is 0 Å². The lowest BCUT2D eigenvalue weighted by Gasteiger charge is -2.27. The fourth-order valence-electron chi connectivity index (χ4n) is 2.86. The topological polar surface area (TPSA) is 42.2 Å². The number of hydrogen-bond donors (Lipinski definition) is 0. The molecule has 0 bridgehead atoms. The van der Waals surface area contributed by atoms with Crippen LogP contribution in [0.5, 0.6) is 0 Å². The molecule has 1 aliphatic heterocycles. The molecule has 4 nitrogen and oxygen atoms in total. The highest BCUT2D eigenvalue weighted by atomic mass is 16.4. The minimum atomic E-state index is 0.693. The number of fused-ring (bicyclic) bond motifs is 1. The first-order chi connectivity index (χ1) is 10.8. The van der Waals surface area contributed by atoms with Crippen molar-refractivity contribution in [1.29, 1.82) is 0 Å². The molecule has 0 saturated heterocycles. The maximum atomic E-state index is 5.99. The normalized spacial score (nSPS) is 14.0. The summed E-state index contributed by atoms with van der Waals surface area (Å²) < 4.78 is 5.99. The zero-order chi connectivity index (χ0) is 14.9. The van der Waals surface area contributed by atoms with E-state index in [1.165, 1.54) is 11.3 Å². The molecule has 1 aliphatic rings. The van der Waals surface area contributed by atoms with Gasteiger partial charge in [-0.25, -0.2) is 4.98 Å². The lowest BCUT2D eigenvalue weighted by molar-refractivity contribution is 0.495. The first-order valence-electron chi connectivity index (χ1n) is 7.50. The van der Waals surface area contributed by atoms with Crippen LogP contribution in [0.1, 0.15) is 17.0 Å². The van der Waals surface area contributed by atoms with E-state index in [2.05, 4.69) is 46.1 Å². The lowest BCUT2D eigenvalue weighted by Crippen LogP contribution is -2.29. The fraction of sp³-hybridized carbons (Fsp3) is 0.222. The second kappa shape index (κ2) is 5.30. The third-order valence-electron chi connectivity index (χ3n) is 4.03. The number of benzene rings is 1. The van der Waals surface area contributed by atoms with Crippen molar-refractivity contribution in [1.82, 2.24) is 9.97 Å². The number of aromatic nitrogens is 2. The largest absolute Gasteiger partial charge is 0.439 e. The van der Waals surface area contributed by atoms with Gasteiger partial charge in [-0.2, -0.15) is 0 Å². The van der Waals surface area contributed by atoms with Crippen LogP contribution in [0, 0.1) is 6.92 Å². The van der Waals surface area contributed by atoms with Crippen molar-refractivity contribution in [2.75, 3.05) is 11.4 Å². The number of nitrogens with zero attached hydrogens (tertiary/aromatic N) is 3. The molecule has 3 aromatic rings.